The lowest BCUT2D eigenvalue weighted by Crippen LogP contribution is -1.99. The molecular formula is C18H13ClN4S. The molecule has 0 unspecified atom stereocenters. The lowest BCUT2D eigenvalue weighted by atomic mass is 10.0. The average molecular weight is 353 g/mol. The molecule has 0 aliphatic carbocycles. The van der Waals surface area contributed by atoms with Crippen LogP contribution >= 0.6 is 22.9 Å². The third kappa shape index (κ3) is 2.04. The van der Waals surface area contributed by atoms with Crippen LogP contribution < -0.4 is 0 Å². The van der Waals surface area contributed by atoms with Crippen LogP contribution in [0.25, 0.3) is 27.9 Å². The van der Waals surface area contributed by atoms with Crippen molar-refractivity contribution in [3.8, 4) is 17.3 Å². The van der Waals surface area contributed by atoms with Gasteiger partial charge in [-0.1, -0.05) is 30.7 Å². The lowest BCUT2D eigenvalue weighted by molar-refractivity contribution is 1.09. The number of rotatable bonds is 2. The van der Waals surface area contributed by atoms with Crippen molar-refractivity contribution in [3.63, 3.8) is 0 Å². The summed E-state index contributed by atoms with van der Waals surface area (Å²) in [6, 6.07) is 10.0. The van der Waals surface area contributed by atoms with Crippen LogP contribution in [0.4, 0.5) is 0 Å². The van der Waals surface area contributed by atoms with Crippen molar-refractivity contribution >= 4 is 39.6 Å². The van der Waals surface area contributed by atoms with E-state index in [4.69, 9.17) is 11.6 Å². The van der Waals surface area contributed by atoms with Gasteiger partial charge in [0.05, 0.1) is 27.3 Å². The zero-order valence-corrected chi connectivity index (χ0v) is 14.7. The van der Waals surface area contributed by atoms with Crippen LogP contribution in [0, 0.1) is 18.3 Å². The minimum absolute atomic E-state index is 0.539. The molecule has 0 radical (unpaired) electrons. The number of pyridine rings is 1. The molecule has 3 heterocycles. The molecule has 0 saturated heterocycles. The van der Waals surface area contributed by atoms with E-state index in [1.54, 1.807) is 11.3 Å². The predicted molar refractivity (Wildman–Crippen MR) is 97.6 cm³/mol. The van der Waals surface area contributed by atoms with Gasteiger partial charge in [0.1, 0.15) is 11.2 Å². The van der Waals surface area contributed by atoms with Crippen molar-refractivity contribution in [2.45, 2.75) is 20.3 Å². The summed E-state index contributed by atoms with van der Waals surface area (Å²) < 4.78 is 1.85. The second kappa shape index (κ2) is 5.59. The molecule has 24 heavy (non-hydrogen) atoms. The second-order valence-corrected chi connectivity index (χ2v) is 6.82. The van der Waals surface area contributed by atoms with Crippen molar-refractivity contribution in [2.75, 3.05) is 0 Å². The summed E-state index contributed by atoms with van der Waals surface area (Å²) in [6.45, 7) is 3.98. The topological polar surface area (TPSA) is 54.0 Å². The van der Waals surface area contributed by atoms with Crippen LogP contribution in [0.15, 0.2) is 29.6 Å². The number of nitriles is 1. The quantitative estimate of drug-likeness (QED) is 0.476. The Bertz CT molecular complexity index is 1130. The number of aromatic nitrogens is 3. The lowest BCUT2D eigenvalue weighted by Gasteiger charge is -2.11. The summed E-state index contributed by atoms with van der Waals surface area (Å²) in [4.78, 5) is 9.26. The SMILES string of the molecule is CCc1nc(-c2c(C)c(C#N)c3nc4ccccc4n3c2Cl)cs1. The largest absolute Gasteiger partial charge is 0.281 e. The van der Waals surface area contributed by atoms with Gasteiger partial charge in [0, 0.05) is 10.9 Å². The van der Waals surface area contributed by atoms with Crippen molar-refractivity contribution in [3.05, 3.63) is 50.9 Å². The Morgan fingerprint density at radius 2 is 2.08 bits per heavy atom. The van der Waals surface area contributed by atoms with Gasteiger partial charge in [0.15, 0.2) is 5.65 Å². The molecule has 4 aromatic rings. The van der Waals surface area contributed by atoms with E-state index in [0.29, 0.717) is 16.4 Å². The summed E-state index contributed by atoms with van der Waals surface area (Å²) in [5, 5.41) is 13.3. The van der Waals surface area contributed by atoms with Crippen LogP contribution in [0.5, 0.6) is 0 Å². The summed E-state index contributed by atoms with van der Waals surface area (Å²) in [5.41, 5.74) is 5.28. The first-order valence-corrected chi connectivity index (χ1v) is 8.85. The highest BCUT2D eigenvalue weighted by molar-refractivity contribution is 7.09. The zero-order chi connectivity index (χ0) is 16.8. The summed E-state index contributed by atoms with van der Waals surface area (Å²) in [5.74, 6) is 0. The second-order valence-electron chi connectivity index (χ2n) is 5.52. The van der Waals surface area contributed by atoms with Crippen molar-refractivity contribution in [1.29, 1.82) is 5.26 Å². The molecule has 0 aliphatic rings. The van der Waals surface area contributed by atoms with Crippen molar-refractivity contribution in [2.24, 2.45) is 0 Å². The summed E-state index contributed by atoms with van der Waals surface area (Å²) >= 11 is 8.37. The van der Waals surface area contributed by atoms with Crippen LogP contribution in [0.1, 0.15) is 23.1 Å². The molecule has 0 spiro atoms. The standard InChI is InChI=1S/C18H13ClN4S/c1-3-15-21-13(9-24-15)16-10(2)11(8-20)18-22-12-6-4-5-7-14(12)23(18)17(16)19/h4-7,9H,3H2,1-2H3. The number of fused-ring (bicyclic) bond motifs is 3. The smallest absolute Gasteiger partial charge is 0.157 e. The van der Waals surface area contributed by atoms with Gasteiger partial charge >= 0.3 is 0 Å². The van der Waals surface area contributed by atoms with E-state index in [1.165, 1.54) is 0 Å². The van der Waals surface area contributed by atoms with Gasteiger partial charge in [-0.25, -0.2) is 9.97 Å². The first-order valence-electron chi connectivity index (χ1n) is 7.59. The molecule has 0 saturated carbocycles. The van der Waals surface area contributed by atoms with Crippen molar-refractivity contribution < 1.29 is 0 Å². The Morgan fingerprint density at radius 1 is 1.29 bits per heavy atom. The summed E-state index contributed by atoms with van der Waals surface area (Å²) in [6.07, 6.45) is 0.878. The highest BCUT2D eigenvalue weighted by Crippen LogP contribution is 2.37. The molecule has 1 aromatic carbocycles. The molecule has 118 valence electrons. The van der Waals surface area contributed by atoms with Gasteiger partial charge in [-0.2, -0.15) is 5.26 Å². The Balaban J connectivity index is 2.18. The number of halogens is 1. The molecule has 6 heteroatoms. The molecule has 0 N–H and O–H groups in total. The van der Waals surface area contributed by atoms with Gasteiger partial charge in [-0.3, -0.25) is 4.40 Å². The van der Waals surface area contributed by atoms with Gasteiger partial charge in [0.25, 0.3) is 0 Å². The van der Waals surface area contributed by atoms with E-state index in [-0.39, 0.29) is 0 Å². The maximum Gasteiger partial charge on any atom is 0.157 e. The number of thiazole rings is 1. The fourth-order valence-electron chi connectivity index (χ4n) is 2.97. The van der Waals surface area contributed by atoms with E-state index < -0.39 is 0 Å². The molecular weight excluding hydrogens is 340 g/mol. The third-order valence-corrected chi connectivity index (χ3v) is 5.51. The number of hydrogen-bond acceptors (Lipinski definition) is 4. The Morgan fingerprint density at radius 3 is 2.79 bits per heavy atom. The van der Waals surface area contributed by atoms with E-state index in [0.717, 1.165) is 39.3 Å². The maximum absolute atomic E-state index is 9.69. The highest BCUT2D eigenvalue weighted by Gasteiger charge is 2.21. The minimum atomic E-state index is 0.539. The van der Waals surface area contributed by atoms with Gasteiger partial charge in [-0.15, -0.1) is 11.3 Å². The van der Waals surface area contributed by atoms with Crippen LogP contribution in [0.2, 0.25) is 5.15 Å². The Hall–Kier alpha value is -2.42. The minimum Gasteiger partial charge on any atom is -0.281 e. The Labute approximate surface area is 148 Å². The molecule has 0 fully saturated rings. The first-order chi connectivity index (χ1) is 11.7. The van der Waals surface area contributed by atoms with Crippen LogP contribution in [-0.4, -0.2) is 14.4 Å². The number of imidazole rings is 1. The molecule has 4 rings (SSSR count). The van der Waals surface area contributed by atoms with Gasteiger partial charge < -0.3 is 0 Å². The fraction of sp³-hybridized carbons (Fsp3) is 0.167. The van der Waals surface area contributed by atoms with Gasteiger partial charge in [-0.05, 0) is 31.0 Å². The average Bonchev–Trinajstić information content (AvgIpc) is 3.19. The van der Waals surface area contributed by atoms with Crippen LogP contribution in [-0.2, 0) is 6.42 Å². The molecule has 4 nitrogen and oxygen atoms in total. The van der Waals surface area contributed by atoms with E-state index in [9.17, 15) is 5.26 Å². The molecule has 0 atom stereocenters. The molecule has 3 aromatic heterocycles. The van der Waals surface area contributed by atoms with Crippen molar-refractivity contribution in [1.82, 2.24) is 14.4 Å². The maximum atomic E-state index is 9.69. The highest BCUT2D eigenvalue weighted by atomic mass is 35.5. The van der Waals surface area contributed by atoms with E-state index >= 15 is 0 Å². The number of nitrogens with zero attached hydrogens (tertiary/aromatic N) is 4. The first kappa shape index (κ1) is 15.1. The van der Waals surface area contributed by atoms with Gasteiger partial charge in [0.2, 0.25) is 0 Å². The van der Waals surface area contributed by atoms with E-state index in [2.05, 4.69) is 23.0 Å². The number of para-hydroxylation sites is 2. The van der Waals surface area contributed by atoms with Crippen LogP contribution in [0.3, 0.4) is 0 Å². The molecule has 0 amide bonds. The molecule has 0 bridgehead atoms. The number of aryl methyl sites for hydroxylation is 1. The zero-order valence-electron chi connectivity index (χ0n) is 13.2. The Kier molecular flexibility index (Phi) is 3.52. The third-order valence-electron chi connectivity index (χ3n) is 4.16. The summed E-state index contributed by atoms with van der Waals surface area (Å²) in [7, 11) is 0. The number of hydrogen-bond donors (Lipinski definition) is 0. The van der Waals surface area contributed by atoms with E-state index in [1.807, 2.05) is 41.0 Å². The fourth-order valence-corrected chi connectivity index (χ4v) is 4.12. The number of benzene rings is 1. The molecule has 0 aliphatic heterocycles. The predicted octanol–water partition coefficient (Wildman–Crippen LogP) is 5.01. The normalized spacial score (nSPS) is 11.2. The monoisotopic (exact) mass is 352 g/mol.